The Morgan fingerprint density at radius 1 is 1.45 bits per heavy atom. The third-order valence-corrected chi connectivity index (χ3v) is 4.08. The van der Waals surface area contributed by atoms with Gasteiger partial charge in [0.2, 0.25) is 5.91 Å². The minimum atomic E-state index is -0.285. The van der Waals surface area contributed by atoms with Gasteiger partial charge in [-0.3, -0.25) is 9.48 Å². The van der Waals surface area contributed by atoms with Gasteiger partial charge in [0.05, 0.1) is 12.2 Å². The molecule has 0 aliphatic carbocycles. The van der Waals surface area contributed by atoms with Crippen LogP contribution in [0, 0.1) is 18.3 Å². The van der Waals surface area contributed by atoms with Gasteiger partial charge in [-0.15, -0.1) is 0 Å². The number of hydrogen-bond acceptors (Lipinski definition) is 4. The van der Waals surface area contributed by atoms with Crippen molar-refractivity contribution >= 4 is 5.91 Å². The van der Waals surface area contributed by atoms with Gasteiger partial charge in [0, 0.05) is 25.5 Å². The van der Waals surface area contributed by atoms with Crippen molar-refractivity contribution in [2.24, 2.45) is 0 Å². The van der Waals surface area contributed by atoms with Gasteiger partial charge in [-0.2, -0.15) is 10.4 Å². The smallest absolute Gasteiger partial charge is 0.245 e. The van der Waals surface area contributed by atoms with Crippen LogP contribution in [0.1, 0.15) is 36.6 Å². The lowest BCUT2D eigenvalue weighted by atomic mass is 10.2. The molecule has 1 atom stereocenters. The molecule has 22 heavy (non-hydrogen) atoms. The summed E-state index contributed by atoms with van der Waals surface area (Å²) in [6, 6.07) is 3.53. The summed E-state index contributed by atoms with van der Waals surface area (Å²) in [7, 11) is 0. The Hall–Kier alpha value is -2.62. The third-order valence-electron chi connectivity index (χ3n) is 4.08. The molecular formula is C15H18N6O. The molecule has 0 fully saturated rings. The monoisotopic (exact) mass is 298 g/mol. The van der Waals surface area contributed by atoms with E-state index in [1.165, 1.54) is 0 Å². The van der Waals surface area contributed by atoms with E-state index in [1.807, 2.05) is 34.2 Å². The Balaban J connectivity index is 1.81. The lowest BCUT2D eigenvalue weighted by molar-refractivity contribution is -0.135. The Morgan fingerprint density at radius 3 is 2.95 bits per heavy atom. The van der Waals surface area contributed by atoms with Crippen LogP contribution in [-0.2, 0) is 17.9 Å². The van der Waals surface area contributed by atoms with E-state index in [-0.39, 0.29) is 11.9 Å². The number of hydrogen-bond donors (Lipinski definition) is 0. The first-order chi connectivity index (χ1) is 10.6. The predicted octanol–water partition coefficient (Wildman–Crippen LogP) is 1.25. The number of carbonyl (C=O) groups excluding carboxylic acids is 1. The standard InChI is InChI=1S/C15H18N6O/c1-11(20-7-4-17-12(20)2)15(22)19-5-3-6-21-14(10-19)8-13(9-16)18-21/h4,7-8,11H,3,5-6,10H2,1-2H3/t11-/m1/s1. The molecule has 0 bridgehead atoms. The number of rotatable bonds is 2. The molecule has 1 aliphatic rings. The summed E-state index contributed by atoms with van der Waals surface area (Å²) in [5, 5.41) is 13.2. The summed E-state index contributed by atoms with van der Waals surface area (Å²) < 4.78 is 3.71. The van der Waals surface area contributed by atoms with Gasteiger partial charge in [0.1, 0.15) is 17.9 Å². The molecule has 1 amide bonds. The molecule has 0 saturated heterocycles. The Labute approximate surface area is 128 Å². The van der Waals surface area contributed by atoms with E-state index >= 15 is 0 Å². The number of imidazole rings is 1. The molecule has 0 unspecified atom stereocenters. The molecule has 2 aromatic rings. The molecule has 2 aromatic heterocycles. The fraction of sp³-hybridized carbons (Fsp3) is 0.467. The van der Waals surface area contributed by atoms with Crippen molar-refractivity contribution < 1.29 is 4.79 Å². The van der Waals surface area contributed by atoms with E-state index in [9.17, 15) is 4.79 Å². The summed E-state index contributed by atoms with van der Waals surface area (Å²) >= 11 is 0. The molecule has 0 aromatic carbocycles. The lowest BCUT2D eigenvalue weighted by Crippen LogP contribution is -2.36. The minimum Gasteiger partial charge on any atom is -0.335 e. The van der Waals surface area contributed by atoms with Gasteiger partial charge in [-0.05, 0) is 26.3 Å². The molecule has 0 saturated carbocycles. The maximum atomic E-state index is 12.8. The highest BCUT2D eigenvalue weighted by atomic mass is 16.2. The van der Waals surface area contributed by atoms with Crippen molar-refractivity contribution in [2.45, 2.75) is 39.4 Å². The zero-order chi connectivity index (χ0) is 15.7. The number of nitrogens with zero attached hydrogens (tertiary/aromatic N) is 6. The van der Waals surface area contributed by atoms with Crippen LogP contribution in [0.15, 0.2) is 18.5 Å². The zero-order valence-corrected chi connectivity index (χ0v) is 12.7. The first-order valence-electron chi connectivity index (χ1n) is 7.35. The fourth-order valence-corrected chi connectivity index (χ4v) is 2.89. The van der Waals surface area contributed by atoms with Gasteiger partial charge >= 0.3 is 0 Å². The molecular weight excluding hydrogens is 280 g/mol. The minimum absolute atomic E-state index is 0.0641. The summed E-state index contributed by atoms with van der Waals surface area (Å²) in [6.07, 6.45) is 4.37. The average Bonchev–Trinajstić information content (AvgIpc) is 3.06. The van der Waals surface area contributed by atoms with Crippen molar-refractivity contribution in [3.8, 4) is 6.07 Å². The van der Waals surface area contributed by atoms with Crippen molar-refractivity contribution in [3.63, 3.8) is 0 Å². The highest BCUT2D eigenvalue weighted by Crippen LogP contribution is 2.18. The van der Waals surface area contributed by atoms with E-state index in [2.05, 4.69) is 16.2 Å². The molecule has 7 heteroatoms. The Morgan fingerprint density at radius 2 is 2.27 bits per heavy atom. The molecule has 3 rings (SSSR count). The zero-order valence-electron chi connectivity index (χ0n) is 12.7. The van der Waals surface area contributed by atoms with Crippen molar-refractivity contribution in [2.75, 3.05) is 6.54 Å². The third kappa shape index (κ3) is 2.48. The van der Waals surface area contributed by atoms with Gasteiger partial charge in [-0.1, -0.05) is 0 Å². The molecule has 0 radical (unpaired) electrons. The van der Waals surface area contributed by atoms with E-state index in [0.717, 1.165) is 24.5 Å². The van der Waals surface area contributed by atoms with Gasteiger partial charge < -0.3 is 9.47 Å². The summed E-state index contributed by atoms with van der Waals surface area (Å²) in [5.41, 5.74) is 1.32. The molecule has 0 N–H and O–H groups in total. The highest BCUT2D eigenvalue weighted by molar-refractivity contribution is 5.80. The van der Waals surface area contributed by atoms with E-state index in [4.69, 9.17) is 5.26 Å². The van der Waals surface area contributed by atoms with Crippen molar-refractivity contribution in [1.82, 2.24) is 24.2 Å². The first-order valence-corrected chi connectivity index (χ1v) is 7.35. The predicted molar refractivity (Wildman–Crippen MR) is 78.7 cm³/mol. The second-order valence-corrected chi connectivity index (χ2v) is 5.53. The normalized spacial score (nSPS) is 15.8. The quantitative estimate of drug-likeness (QED) is 0.836. The van der Waals surface area contributed by atoms with Crippen LogP contribution in [0.2, 0.25) is 0 Å². The maximum Gasteiger partial charge on any atom is 0.245 e. The van der Waals surface area contributed by atoms with E-state index in [0.29, 0.717) is 18.8 Å². The van der Waals surface area contributed by atoms with Crippen LogP contribution < -0.4 is 0 Å². The molecule has 7 nitrogen and oxygen atoms in total. The van der Waals surface area contributed by atoms with Crippen LogP contribution in [0.5, 0.6) is 0 Å². The average molecular weight is 298 g/mol. The van der Waals surface area contributed by atoms with Crippen molar-refractivity contribution in [3.05, 3.63) is 35.7 Å². The van der Waals surface area contributed by atoms with Gasteiger partial charge in [0.15, 0.2) is 5.69 Å². The number of aryl methyl sites for hydroxylation is 2. The molecule has 114 valence electrons. The molecule has 1 aliphatic heterocycles. The number of fused-ring (bicyclic) bond motifs is 1. The summed E-state index contributed by atoms with van der Waals surface area (Å²) in [6.45, 7) is 5.70. The topological polar surface area (TPSA) is 79.7 Å². The van der Waals surface area contributed by atoms with Crippen LogP contribution in [0.3, 0.4) is 0 Å². The second-order valence-electron chi connectivity index (χ2n) is 5.53. The Bertz CT molecular complexity index is 738. The molecule has 3 heterocycles. The highest BCUT2D eigenvalue weighted by Gasteiger charge is 2.25. The van der Waals surface area contributed by atoms with Crippen LogP contribution in [0.25, 0.3) is 0 Å². The first kappa shape index (κ1) is 14.3. The van der Waals surface area contributed by atoms with E-state index < -0.39 is 0 Å². The largest absolute Gasteiger partial charge is 0.335 e. The van der Waals surface area contributed by atoms with Crippen LogP contribution >= 0.6 is 0 Å². The number of nitriles is 1. The van der Waals surface area contributed by atoms with Gasteiger partial charge in [0.25, 0.3) is 0 Å². The Kier molecular flexibility index (Phi) is 3.67. The van der Waals surface area contributed by atoms with Gasteiger partial charge in [-0.25, -0.2) is 4.98 Å². The SMILES string of the molecule is Cc1nccn1[C@H](C)C(=O)N1CCCn2nc(C#N)cc2C1. The van der Waals surface area contributed by atoms with Crippen molar-refractivity contribution in [1.29, 1.82) is 5.26 Å². The van der Waals surface area contributed by atoms with Crippen LogP contribution in [-0.4, -0.2) is 36.7 Å². The van der Waals surface area contributed by atoms with E-state index in [1.54, 1.807) is 12.3 Å². The van der Waals surface area contributed by atoms with Crippen LogP contribution in [0.4, 0.5) is 0 Å². The number of amides is 1. The lowest BCUT2D eigenvalue weighted by Gasteiger charge is -2.25. The summed E-state index contributed by atoms with van der Waals surface area (Å²) in [5.74, 6) is 0.890. The number of carbonyl (C=O) groups is 1. The molecule has 0 spiro atoms. The number of aromatic nitrogens is 4. The second kappa shape index (κ2) is 5.64. The fourth-order valence-electron chi connectivity index (χ4n) is 2.89. The summed E-state index contributed by atoms with van der Waals surface area (Å²) in [4.78, 5) is 18.8. The maximum absolute atomic E-state index is 12.8.